The zero-order valence-corrected chi connectivity index (χ0v) is 20.5. The topological polar surface area (TPSA) is 196 Å². The van der Waals surface area contributed by atoms with E-state index in [2.05, 4.69) is 30.3 Å². The number of thiazole rings is 1. The molecule has 1 fully saturated rings. The van der Waals surface area contributed by atoms with E-state index >= 15 is 0 Å². The Labute approximate surface area is 206 Å². The Balaban J connectivity index is 0.00000480. The molecule has 2 atom stereocenters. The van der Waals surface area contributed by atoms with E-state index in [-0.39, 0.29) is 50.6 Å². The van der Waals surface area contributed by atoms with Crippen LogP contribution in [0.15, 0.2) is 10.5 Å². The summed E-state index contributed by atoms with van der Waals surface area (Å²) in [6.07, 6.45) is -1.86. The Bertz CT molecular complexity index is 1010. The van der Waals surface area contributed by atoms with Gasteiger partial charge >= 0.3 is 35.5 Å². The molecule has 0 radical (unpaired) electrons. The second-order valence-corrected chi connectivity index (χ2v) is 7.76. The van der Waals surface area contributed by atoms with Crippen LogP contribution in [0.1, 0.15) is 12.6 Å². The average Bonchev–Trinajstić information content (AvgIpc) is 3.09. The van der Waals surface area contributed by atoms with Crippen LogP contribution < -0.4 is 40.2 Å². The predicted molar refractivity (Wildman–Crippen MR) is 99.0 cm³/mol. The summed E-state index contributed by atoms with van der Waals surface area (Å²) in [5.74, 6) is -4.24. The summed E-state index contributed by atoms with van der Waals surface area (Å²) < 4.78 is 37.9. The number of rotatable bonds is 8. The molecule has 0 bridgehead atoms. The van der Waals surface area contributed by atoms with Gasteiger partial charge in [-0.1, -0.05) is 5.16 Å². The maximum Gasteiger partial charge on any atom is 1.00 e. The molecule has 164 valence electrons. The van der Waals surface area contributed by atoms with Crippen LogP contribution in [0, 0.1) is 0 Å². The zero-order valence-electron chi connectivity index (χ0n) is 16.1. The van der Waals surface area contributed by atoms with Crippen molar-refractivity contribution in [2.45, 2.75) is 19.2 Å². The van der Waals surface area contributed by atoms with Crippen LogP contribution >= 0.6 is 22.9 Å². The number of amides is 3. The molecule has 0 unspecified atom stereocenters. The number of hydrogen-bond acceptors (Lipinski definition) is 12. The van der Waals surface area contributed by atoms with Crippen molar-refractivity contribution in [3.8, 4) is 0 Å². The van der Waals surface area contributed by atoms with Gasteiger partial charge in [-0.05, 0) is 0 Å². The van der Waals surface area contributed by atoms with Crippen molar-refractivity contribution in [2.24, 2.45) is 5.16 Å². The van der Waals surface area contributed by atoms with Gasteiger partial charge < -0.3 is 24.8 Å². The molecule has 1 aromatic rings. The molecule has 1 aliphatic heterocycles. The smallest absolute Gasteiger partial charge is 0.731 e. The molecule has 2 rings (SSSR count). The fourth-order valence-corrected chi connectivity index (χ4v) is 3.72. The maximum atomic E-state index is 12.6. The van der Waals surface area contributed by atoms with Gasteiger partial charge in [0.25, 0.3) is 11.8 Å². The third kappa shape index (κ3) is 6.58. The first-order chi connectivity index (χ1) is 14.0. The summed E-state index contributed by atoms with van der Waals surface area (Å²) in [6.45, 7) is 0.918. The number of anilines is 1. The quantitative estimate of drug-likeness (QED) is 0.0659. The number of alkyl halides is 1. The Morgan fingerprint density at radius 3 is 2.58 bits per heavy atom. The molecule has 0 aliphatic carbocycles. The van der Waals surface area contributed by atoms with Gasteiger partial charge in [0.15, 0.2) is 27.2 Å². The molecule has 18 heteroatoms. The minimum absolute atomic E-state index is 0. The number of nitrogens with zero attached hydrogens (tertiary/aromatic N) is 3. The van der Waals surface area contributed by atoms with Crippen molar-refractivity contribution in [1.82, 2.24) is 14.6 Å². The Morgan fingerprint density at radius 2 is 2.06 bits per heavy atom. The van der Waals surface area contributed by atoms with Crippen LogP contribution in [0.4, 0.5) is 5.13 Å². The van der Waals surface area contributed by atoms with Crippen LogP contribution in [0.25, 0.3) is 0 Å². The molecule has 31 heavy (non-hydrogen) atoms. The maximum absolute atomic E-state index is 12.6. The number of esters is 1. The van der Waals surface area contributed by atoms with E-state index in [0.717, 1.165) is 25.4 Å². The van der Waals surface area contributed by atoms with E-state index in [1.54, 1.807) is 0 Å². The molecule has 1 saturated heterocycles. The summed E-state index contributed by atoms with van der Waals surface area (Å²) in [4.78, 5) is 55.6. The van der Waals surface area contributed by atoms with Gasteiger partial charge in [-0.25, -0.2) is 17.7 Å². The fourth-order valence-electron chi connectivity index (χ4n) is 2.19. The molecular formula is C13H13ClN5NaO9S2. The number of carbonyl (C=O) groups excluding carboxylic acids is 4. The van der Waals surface area contributed by atoms with E-state index < -0.39 is 52.0 Å². The van der Waals surface area contributed by atoms with Crippen LogP contribution in [0.5, 0.6) is 0 Å². The van der Waals surface area contributed by atoms with E-state index in [0.29, 0.717) is 0 Å². The van der Waals surface area contributed by atoms with E-state index in [1.807, 2.05) is 0 Å². The summed E-state index contributed by atoms with van der Waals surface area (Å²) in [7, 11) is -4.16. The average molecular weight is 506 g/mol. The predicted octanol–water partition coefficient (Wildman–Crippen LogP) is -4.65. The van der Waals surface area contributed by atoms with Gasteiger partial charge in [-0.3, -0.25) is 19.2 Å². The summed E-state index contributed by atoms with van der Waals surface area (Å²) in [5, 5.41) is 9.38. The third-order valence-electron chi connectivity index (χ3n) is 3.33. The van der Waals surface area contributed by atoms with E-state index in [4.69, 9.17) is 11.6 Å². The Kier molecular flexibility index (Phi) is 9.80. The molecule has 1 aromatic heterocycles. The van der Waals surface area contributed by atoms with Gasteiger partial charge in [0, 0.05) is 12.3 Å². The van der Waals surface area contributed by atoms with E-state index in [9.17, 15) is 32.1 Å². The minimum atomic E-state index is -5.28. The summed E-state index contributed by atoms with van der Waals surface area (Å²) >= 11 is 6.31. The minimum Gasteiger partial charge on any atom is -0.731 e. The Hall–Kier alpha value is -1.82. The number of ether oxygens (including phenoxy) is 1. The second kappa shape index (κ2) is 11.2. The van der Waals surface area contributed by atoms with Gasteiger partial charge in [0.2, 0.25) is 12.1 Å². The normalized spacial score (nSPS) is 18.4. The van der Waals surface area contributed by atoms with Crippen LogP contribution in [-0.2, 0) is 39.1 Å². The number of hydrogen-bond donors (Lipinski definition) is 2. The van der Waals surface area contributed by atoms with Crippen molar-refractivity contribution >= 4 is 67.8 Å². The third-order valence-corrected chi connectivity index (χ3v) is 5.20. The number of aromatic nitrogens is 1. The van der Waals surface area contributed by atoms with Gasteiger partial charge in [0.1, 0.15) is 18.7 Å². The first kappa shape index (κ1) is 27.2. The summed E-state index contributed by atoms with van der Waals surface area (Å²) in [6, 6.07) is -1.67. The second-order valence-electron chi connectivity index (χ2n) is 5.39. The summed E-state index contributed by atoms with van der Waals surface area (Å²) in [5.41, 5.74) is -0.508. The first-order valence-corrected chi connectivity index (χ1v) is 10.5. The van der Waals surface area contributed by atoms with Gasteiger partial charge in [-0.15, -0.1) is 22.9 Å². The molecule has 2 N–H and O–H groups in total. The molecule has 14 nitrogen and oxygen atoms in total. The first-order valence-electron chi connectivity index (χ1n) is 7.69. The molecule has 0 saturated carbocycles. The SMILES string of the molecule is CON=C(C(=O)N[C@@H]1C(=O)N(S(=O)(=O)[O-])[C@@H]1OC(C)=O)c1csc(NC(=O)CCl)n1.[Na+]. The van der Waals surface area contributed by atoms with Gasteiger partial charge in [0.05, 0.1) is 0 Å². The van der Waals surface area contributed by atoms with Crippen molar-refractivity contribution in [3.05, 3.63) is 11.1 Å². The van der Waals surface area contributed by atoms with Crippen molar-refractivity contribution in [2.75, 3.05) is 18.3 Å². The fraction of sp³-hybridized carbons (Fsp3) is 0.385. The van der Waals surface area contributed by atoms with Crippen LogP contribution in [-0.4, -0.2) is 76.9 Å². The van der Waals surface area contributed by atoms with E-state index in [1.165, 1.54) is 5.38 Å². The number of β-lactam (4-membered cyclic amide) rings is 1. The number of halogens is 1. The number of oxime groups is 1. The van der Waals surface area contributed by atoms with Crippen molar-refractivity contribution < 1.29 is 71.3 Å². The number of carbonyl (C=O) groups is 4. The molecule has 0 spiro atoms. The van der Waals surface area contributed by atoms with Crippen LogP contribution in [0.2, 0.25) is 0 Å². The Morgan fingerprint density at radius 1 is 1.42 bits per heavy atom. The largest absolute Gasteiger partial charge is 1.00 e. The molecule has 1 aliphatic rings. The zero-order chi connectivity index (χ0) is 22.6. The molecule has 0 aromatic carbocycles. The molecular weight excluding hydrogens is 493 g/mol. The number of nitrogens with one attached hydrogen (secondary N) is 2. The molecule has 2 heterocycles. The van der Waals surface area contributed by atoms with Crippen molar-refractivity contribution in [3.63, 3.8) is 0 Å². The standard InChI is InChI=1S/C13H14ClN5O9S2.Na/c1-5(20)28-12-9(11(23)19(12)30(24,25)26)17-10(22)8(18-27-2)6-4-29-13(15-6)16-7(21)3-14;/h4,9,12H,3H2,1-2H3,(H,17,22)(H,15,16,21)(H,24,25,26);/q;+1/p-1/t9-,12-;/m1./s1. The monoisotopic (exact) mass is 505 g/mol. The molecule has 3 amide bonds. The van der Waals surface area contributed by atoms with Crippen molar-refractivity contribution in [1.29, 1.82) is 0 Å². The van der Waals surface area contributed by atoms with Gasteiger partial charge in [-0.2, -0.15) is 0 Å². The van der Waals surface area contributed by atoms with Crippen LogP contribution in [0.3, 0.4) is 0 Å².